The number of aromatic nitrogens is 3. The van der Waals surface area contributed by atoms with Crippen LogP contribution in [-0.4, -0.2) is 21.3 Å². The molecule has 0 spiro atoms. The third-order valence-corrected chi connectivity index (χ3v) is 3.40. The van der Waals surface area contributed by atoms with Gasteiger partial charge in [-0.05, 0) is 30.5 Å². The molecule has 0 unspecified atom stereocenters. The first-order valence-corrected chi connectivity index (χ1v) is 6.87. The van der Waals surface area contributed by atoms with Gasteiger partial charge in [-0.25, -0.2) is 4.68 Å². The molecular formula is C17H15N3O. The summed E-state index contributed by atoms with van der Waals surface area (Å²) in [6.07, 6.45) is 2.34. The smallest absolute Gasteiger partial charge is 0.172 e. The lowest BCUT2D eigenvalue weighted by Crippen LogP contribution is -2.05. The SMILES string of the molecule is O=Cc1nnn(-c2ccccc2)c1CCc1ccccc1. The van der Waals surface area contributed by atoms with Crippen LogP contribution in [0, 0.1) is 0 Å². The Bertz CT molecular complexity index is 720. The molecule has 3 rings (SSSR count). The average molecular weight is 277 g/mol. The minimum Gasteiger partial charge on any atom is -0.296 e. The van der Waals surface area contributed by atoms with Gasteiger partial charge in [-0.15, -0.1) is 5.10 Å². The van der Waals surface area contributed by atoms with Gasteiger partial charge in [0, 0.05) is 0 Å². The summed E-state index contributed by atoms with van der Waals surface area (Å²) < 4.78 is 1.74. The Balaban J connectivity index is 1.90. The largest absolute Gasteiger partial charge is 0.296 e. The molecule has 4 nitrogen and oxygen atoms in total. The van der Waals surface area contributed by atoms with Crippen molar-refractivity contribution in [1.82, 2.24) is 15.0 Å². The molecular weight excluding hydrogens is 262 g/mol. The van der Waals surface area contributed by atoms with Gasteiger partial charge in [0.25, 0.3) is 0 Å². The van der Waals surface area contributed by atoms with Crippen LogP contribution >= 0.6 is 0 Å². The highest BCUT2D eigenvalue weighted by Gasteiger charge is 2.13. The van der Waals surface area contributed by atoms with Crippen LogP contribution in [0.15, 0.2) is 60.7 Å². The lowest BCUT2D eigenvalue weighted by atomic mass is 10.1. The predicted octanol–water partition coefficient (Wildman–Crippen LogP) is 2.87. The fourth-order valence-corrected chi connectivity index (χ4v) is 2.32. The molecule has 0 aliphatic carbocycles. The number of hydrogen-bond donors (Lipinski definition) is 0. The van der Waals surface area contributed by atoms with Gasteiger partial charge in [-0.1, -0.05) is 53.7 Å². The molecule has 0 fully saturated rings. The molecule has 0 aliphatic rings. The van der Waals surface area contributed by atoms with E-state index in [1.165, 1.54) is 5.56 Å². The second-order valence-corrected chi connectivity index (χ2v) is 4.77. The first kappa shape index (κ1) is 13.2. The van der Waals surface area contributed by atoms with E-state index in [4.69, 9.17) is 0 Å². The van der Waals surface area contributed by atoms with E-state index in [-0.39, 0.29) is 0 Å². The van der Waals surface area contributed by atoms with Gasteiger partial charge in [0.05, 0.1) is 11.4 Å². The number of rotatable bonds is 5. The van der Waals surface area contributed by atoms with Gasteiger partial charge in [0.15, 0.2) is 6.29 Å². The van der Waals surface area contributed by atoms with Crippen LogP contribution in [0.2, 0.25) is 0 Å². The number of nitrogens with zero attached hydrogens (tertiary/aromatic N) is 3. The van der Waals surface area contributed by atoms with Crippen molar-refractivity contribution in [2.24, 2.45) is 0 Å². The molecule has 4 heteroatoms. The van der Waals surface area contributed by atoms with Crippen molar-refractivity contribution in [3.05, 3.63) is 77.6 Å². The Morgan fingerprint density at radius 2 is 1.57 bits per heavy atom. The highest BCUT2D eigenvalue weighted by Crippen LogP contribution is 2.14. The van der Waals surface area contributed by atoms with E-state index < -0.39 is 0 Å². The zero-order chi connectivity index (χ0) is 14.5. The standard InChI is InChI=1S/C17H15N3O/c21-13-16-17(12-11-14-7-3-1-4-8-14)20(19-18-16)15-9-5-2-6-10-15/h1-10,13H,11-12H2. The van der Waals surface area contributed by atoms with Crippen LogP contribution in [0.3, 0.4) is 0 Å². The van der Waals surface area contributed by atoms with Crippen molar-refractivity contribution in [3.63, 3.8) is 0 Å². The van der Waals surface area contributed by atoms with Crippen molar-refractivity contribution < 1.29 is 4.79 Å². The van der Waals surface area contributed by atoms with Crippen molar-refractivity contribution in [2.75, 3.05) is 0 Å². The summed E-state index contributed by atoms with van der Waals surface area (Å²) in [7, 11) is 0. The molecule has 1 heterocycles. The van der Waals surface area contributed by atoms with E-state index in [0.717, 1.165) is 30.5 Å². The van der Waals surface area contributed by atoms with Crippen LogP contribution in [-0.2, 0) is 12.8 Å². The maximum atomic E-state index is 11.2. The first-order chi connectivity index (χ1) is 10.4. The lowest BCUT2D eigenvalue weighted by molar-refractivity contribution is 0.111. The number of carbonyl (C=O) groups excluding carboxylic acids is 1. The minimum absolute atomic E-state index is 0.412. The summed E-state index contributed by atoms with van der Waals surface area (Å²) in [6.45, 7) is 0. The van der Waals surface area contributed by atoms with E-state index in [1.807, 2.05) is 48.5 Å². The highest BCUT2D eigenvalue weighted by atomic mass is 16.1. The van der Waals surface area contributed by atoms with E-state index in [2.05, 4.69) is 22.4 Å². The number of hydrogen-bond acceptors (Lipinski definition) is 3. The van der Waals surface area contributed by atoms with Crippen molar-refractivity contribution in [2.45, 2.75) is 12.8 Å². The Kier molecular flexibility index (Phi) is 3.87. The number of carbonyl (C=O) groups is 1. The van der Waals surface area contributed by atoms with E-state index in [9.17, 15) is 4.79 Å². The van der Waals surface area contributed by atoms with E-state index >= 15 is 0 Å². The van der Waals surface area contributed by atoms with Crippen LogP contribution < -0.4 is 0 Å². The zero-order valence-corrected chi connectivity index (χ0v) is 11.5. The Morgan fingerprint density at radius 3 is 2.24 bits per heavy atom. The van der Waals surface area contributed by atoms with Gasteiger partial charge in [0.2, 0.25) is 0 Å². The summed E-state index contributed by atoms with van der Waals surface area (Å²) in [5, 5.41) is 8.07. The zero-order valence-electron chi connectivity index (χ0n) is 11.5. The first-order valence-electron chi connectivity index (χ1n) is 6.87. The van der Waals surface area contributed by atoms with Crippen molar-refractivity contribution in [3.8, 4) is 5.69 Å². The number of para-hydroxylation sites is 1. The molecule has 3 aromatic rings. The molecule has 0 atom stereocenters. The molecule has 0 saturated carbocycles. The topological polar surface area (TPSA) is 47.8 Å². The molecule has 21 heavy (non-hydrogen) atoms. The van der Waals surface area contributed by atoms with Crippen LogP contribution in [0.1, 0.15) is 21.7 Å². The lowest BCUT2D eigenvalue weighted by Gasteiger charge is -2.07. The molecule has 0 radical (unpaired) electrons. The van der Waals surface area contributed by atoms with Gasteiger partial charge in [-0.3, -0.25) is 4.79 Å². The molecule has 0 N–H and O–H groups in total. The predicted molar refractivity (Wildman–Crippen MR) is 80.6 cm³/mol. The molecule has 0 bridgehead atoms. The van der Waals surface area contributed by atoms with Crippen LogP contribution in [0.4, 0.5) is 0 Å². The third kappa shape index (κ3) is 2.89. The fraction of sp³-hybridized carbons (Fsp3) is 0.118. The Hall–Kier alpha value is -2.75. The van der Waals surface area contributed by atoms with Gasteiger partial charge < -0.3 is 0 Å². The molecule has 0 saturated heterocycles. The summed E-state index contributed by atoms with van der Waals surface area (Å²) in [5.74, 6) is 0. The van der Waals surface area contributed by atoms with Crippen LogP contribution in [0.5, 0.6) is 0 Å². The molecule has 1 aromatic heterocycles. The van der Waals surface area contributed by atoms with E-state index in [0.29, 0.717) is 5.69 Å². The second kappa shape index (κ2) is 6.13. The second-order valence-electron chi connectivity index (χ2n) is 4.77. The number of aldehydes is 1. The fourth-order valence-electron chi connectivity index (χ4n) is 2.32. The average Bonchev–Trinajstić information content (AvgIpc) is 2.97. The maximum Gasteiger partial charge on any atom is 0.172 e. The molecule has 0 amide bonds. The summed E-state index contributed by atoms with van der Waals surface area (Å²) in [6, 6.07) is 19.9. The number of benzene rings is 2. The van der Waals surface area contributed by atoms with Gasteiger partial charge in [0.1, 0.15) is 5.69 Å². The number of aryl methyl sites for hydroxylation is 1. The van der Waals surface area contributed by atoms with Crippen molar-refractivity contribution in [1.29, 1.82) is 0 Å². The summed E-state index contributed by atoms with van der Waals surface area (Å²) in [4.78, 5) is 11.2. The Labute approximate surface area is 123 Å². The third-order valence-electron chi connectivity index (χ3n) is 3.40. The quantitative estimate of drug-likeness (QED) is 0.674. The van der Waals surface area contributed by atoms with Crippen molar-refractivity contribution >= 4 is 6.29 Å². The van der Waals surface area contributed by atoms with E-state index in [1.54, 1.807) is 4.68 Å². The van der Waals surface area contributed by atoms with Crippen LogP contribution in [0.25, 0.3) is 5.69 Å². The van der Waals surface area contributed by atoms with Gasteiger partial charge in [-0.2, -0.15) is 0 Å². The molecule has 2 aromatic carbocycles. The Morgan fingerprint density at radius 1 is 0.905 bits per heavy atom. The maximum absolute atomic E-state index is 11.2. The molecule has 104 valence electrons. The van der Waals surface area contributed by atoms with Gasteiger partial charge >= 0.3 is 0 Å². The normalized spacial score (nSPS) is 10.5. The molecule has 0 aliphatic heterocycles. The highest BCUT2D eigenvalue weighted by molar-refractivity contribution is 5.73. The summed E-state index contributed by atoms with van der Waals surface area (Å²) >= 11 is 0. The minimum atomic E-state index is 0.412. The monoisotopic (exact) mass is 277 g/mol. The summed E-state index contributed by atoms with van der Waals surface area (Å²) in [5.41, 5.74) is 3.41.